The first-order valence-electron chi connectivity index (χ1n) is 10.4. The molecule has 31 heavy (non-hydrogen) atoms. The van der Waals surface area contributed by atoms with E-state index in [1.165, 1.54) is 5.56 Å². The Morgan fingerprint density at radius 2 is 1.68 bits per heavy atom. The van der Waals surface area contributed by atoms with Gasteiger partial charge in [0.05, 0.1) is 25.2 Å². The number of benzene rings is 3. The van der Waals surface area contributed by atoms with Gasteiger partial charge in [-0.15, -0.1) is 0 Å². The van der Waals surface area contributed by atoms with Crippen molar-refractivity contribution in [1.29, 1.82) is 0 Å². The first-order valence-corrected chi connectivity index (χ1v) is 11.9. The van der Waals surface area contributed by atoms with Gasteiger partial charge >= 0.3 is 0 Å². The highest BCUT2D eigenvalue weighted by Gasteiger charge is 2.26. The topological polar surface area (TPSA) is 67.9 Å². The summed E-state index contributed by atoms with van der Waals surface area (Å²) < 4.78 is 40.4. The van der Waals surface area contributed by atoms with E-state index in [1.807, 2.05) is 31.2 Å². The highest BCUT2D eigenvalue weighted by molar-refractivity contribution is 7.89. The summed E-state index contributed by atoms with van der Waals surface area (Å²) in [6.45, 7) is 5.17. The Balaban J connectivity index is 1.63. The van der Waals surface area contributed by atoms with Crippen LogP contribution < -0.4 is 9.46 Å². The lowest BCUT2D eigenvalue weighted by molar-refractivity contribution is 0.0172. The molecule has 0 radical (unpaired) electrons. The number of rotatable bonds is 7. The summed E-state index contributed by atoms with van der Waals surface area (Å²) in [6.07, 6.45) is 0. The van der Waals surface area contributed by atoms with Crippen LogP contribution >= 0.6 is 0 Å². The highest BCUT2D eigenvalue weighted by atomic mass is 32.2. The molecule has 1 aliphatic heterocycles. The lowest BCUT2D eigenvalue weighted by atomic mass is 10.0. The number of sulfonamides is 1. The molecule has 0 amide bonds. The van der Waals surface area contributed by atoms with Crippen molar-refractivity contribution in [2.45, 2.75) is 17.9 Å². The van der Waals surface area contributed by atoms with Crippen molar-refractivity contribution in [3.8, 4) is 5.75 Å². The molecule has 3 aromatic carbocycles. The predicted molar refractivity (Wildman–Crippen MR) is 122 cm³/mol. The number of nitrogens with one attached hydrogen (secondary N) is 1. The van der Waals surface area contributed by atoms with E-state index in [0.29, 0.717) is 24.3 Å². The minimum atomic E-state index is -3.73. The van der Waals surface area contributed by atoms with Gasteiger partial charge in [-0.05, 0) is 24.6 Å². The van der Waals surface area contributed by atoms with Crippen molar-refractivity contribution >= 4 is 20.8 Å². The predicted octanol–water partition coefficient (Wildman–Crippen LogP) is 3.51. The number of hydrogen-bond donors (Lipinski definition) is 1. The molecule has 1 atom stereocenters. The number of ether oxygens (including phenoxy) is 2. The molecule has 7 heteroatoms. The normalized spacial score (nSPS) is 16.3. The van der Waals surface area contributed by atoms with E-state index in [1.54, 1.807) is 19.2 Å². The van der Waals surface area contributed by atoms with E-state index in [0.717, 1.165) is 24.0 Å². The molecule has 1 unspecified atom stereocenters. The van der Waals surface area contributed by atoms with E-state index in [4.69, 9.17) is 9.47 Å². The maximum atomic E-state index is 13.3. The summed E-state index contributed by atoms with van der Waals surface area (Å²) in [6, 6.07) is 18.9. The Morgan fingerprint density at radius 3 is 2.35 bits per heavy atom. The van der Waals surface area contributed by atoms with Gasteiger partial charge in [0.25, 0.3) is 0 Å². The SMILES string of the molecule is COc1ccc(S(=O)(=O)NCC(c2ccc(C)cc2)N2CCOCC2)c2ccccc12. The minimum absolute atomic E-state index is 0.0659. The van der Waals surface area contributed by atoms with E-state index < -0.39 is 10.0 Å². The number of hydrogen-bond acceptors (Lipinski definition) is 5. The summed E-state index contributed by atoms with van der Waals surface area (Å²) >= 11 is 0. The van der Waals surface area contributed by atoms with E-state index in [-0.39, 0.29) is 17.5 Å². The monoisotopic (exact) mass is 440 g/mol. The van der Waals surface area contributed by atoms with E-state index in [9.17, 15) is 8.42 Å². The molecule has 0 bridgehead atoms. The first-order chi connectivity index (χ1) is 15.0. The van der Waals surface area contributed by atoms with Crippen molar-refractivity contribution in [2.75, 3.05) is 40.0 Å². The van der Waals surface area contributed by atoms with Gasteiger partial charge in [0.2, 0.25) is 10.0 Å². The van der Waals surface area contributed by atoms with Gasteiger partial charge in [-0.3, -0.25) is 4.90 Å². The Hall–Kier alpha value is -2.45. The van der Waals surface area contributed by atoms with Crippen molar-refractivity contribution < 1.29 is 17.9 Å². The van der Waals surface area contributed by atoms with E-state index in [2.05, 4.69) is 33.9 Å². The molecule has 1 heterocycles. The molecule has 6 nitrogen and oxygen atoms in total. The van der Waals surface area contributed by atoms with Crippen LogP contribution in [0.15, 0.2) is 65.6 Å². The summed E-state index contributed by atoms with van der Waals surface area (Å²) in [5.41, 5.74) is 2.27. The van der Waals surface area contributed by atoms with Gasteiger partial charge in [0.15, 0.2) is 0 Å². The molecule has 0 aromatic heterocycles. The van der Waals surface area contributed by atoms with Crippen LogP contribution in [0, 0.1) is 6.92 Å². The molecule has 1 aliphatic rings. The smallest absolute Gasteiger partial charge is 0.241 e. The molecule has 1 N–H and O–H groups in total. The van der Waals surface area contributed by atoms with Crippen molar-refractivity contribution in [1.82, 2.24) is 9.62 Å². The number of nitrogens with zero attached hydrogens (tertiary/aromatic N) is 1. The van der Waals surface area contributed by atoms with Crippen molar-refractivity contribution in [2.24, 2.45) is 0 Å². The lowest BCUT2D eigenvalue weighted by Gasteiger charge is -2.35. The molecule has 164 valence electrons. The zero-order valence-electron chi connectivity index (χ0n) is 17.9. The summed E-state index contributed by atoms with van der Waals surface area (Å²) in [7, 11) is -2.14. The Morgan fingerprint density at radius 1 is 1.00 bits per heavy atom. The van der Waals surface area contributed by atoms with Crippen molar-refractivity contribution in [3.05, 3.63) is 71.8 Å². The fourth-order valence-corrected chi connectivity index (χ4v) is 5.31. The molecule has 4 rings (SSSR count). The van der Waals surface area contributed by atoms with Gasteiger partial charge in [-0.2, -0.15) is 0 Å². The third-order valence-electron chi connectivity index (χ3n) is 5.77. The van der Waals surface area contributed by atoms with Crippen LogP contribution in [0.1, 0.15) is 17.2 Å². The average molecular weight is 441 g/mol. The Bertz CT molecular complexity index is 1140. The standard InChI is InChI=1S/C24H28N2O4S/c1-18-7-9-19(10-8-18)22(26-13-15-30-16-14-26)17-25-31(27,28)24-12-11-23(29-2)20-5-3-4-6-21(20)24/h3-12,22,25H,13-17H2,1-2H3. The van der Waals surface area contributed by atoms with Gasteiger partial charge in [0, 0.05) is 36.4 Å². The van der Waals surface area contributed by atoms with Crippen LogP contribution in [-0.4, -0.2) is 53.3 Å². The summed E-state index contributed by atoms with van der Waals surface area (Å²) in [4.78, 5) is 2.54. The summed E-state index contributed by atoms with van der Waals surface area (Å²) in [5, 5.41) is 1.42. The molecule has 0 saturated carbocycles. The number of methoxy groups -OCH3 is 1. The molecule has 0 spiro atoms. The number of aryl methyl sites for hydroxylation is 1. The third-order valence-corrected chi connectivity index (χ3v) is 7.25. The molecular formula is C24H28N2O4S. The van der Waals surface area contributed by atoms with Crippen LogP contribution in [0.5, 0.6) is 5.75 Å². The fraction of sp³-hybridized carbons (Fsp3) is 0.333. The van der Waals surface area contributed by atoms with Gasteiger partial charge < -0.3 is 9.47 Å². The van der Waals surface area contributed by atoms with Crippen molar-refractivity contribution in [3.63, 3.8) is 0 Å². The molecule has 1 saturated heterocycles. The number of morpholine rings is 1. The molecule has 0 aliphatic carbocycles. The maximum absolute atomic E-state index is 13.3. The lowest BCUT2D eigenvalue weighted by Crippen LogP contribution is -2.43. The quantitative estimate of drug-likeness (QED) is 0.609. The van der Waals surface area contributed by atoms with Crippen LogP contribution in [0.25, 0.3) is 10.8 Å². The first kappa shape index (κ1) is 21.8. The van der Waals surface area contributed by atoms with Gasteiger partial charge in [0.1, 0.15) is 5.75 Å². The minimum Gasteiger partial charge on any atom is -0.496 e. The van der Waals surface area contributed by atoms with E-state index >= 15 is 0 Å². The summed E-state index contributed by atoms with van der Waals surface area (Å²) in [5.74, 6) is 0.653. The fourth-order valence-electron chi connectivity index (χ4n) is 4.06. The van der Waals surface area contributed by atoms with Gasteiger partial charge in [-0.1, -0.05) is 54.1 Å². The molecular weight excluding hydrogens is 412 g/mol. The zero-order chi connectivity index (χ0) is 21.8. The Labute approximate surface area is 183 Å². The van der Waals surface area contributed by atoms with Crippen LogP contribution in [0.2, 0.25) is 0 Å². The van der Waals surface area contributed by atoms with Gasteiger partial charge in [-0.25, -0.2) is 13.1 Å². The zero-order valence-corrected chi connectivity index (χ0v) is 18.7. The second-order valence-corrected chi connectivity index (χ2v) is 9.47. The second kappa shape index (κ2) is 9.36. The third kappa shape index (κ3) is 4.75. The van der Waals surface area contributed by atoms with Crippen LogP contribution in [-0.2, 0) is 14.8 Å². The molecule has 3 aromatic rings. The second-order valence-electron chi connectivity index (χ2n) is 7.74. The molecule has 1 fully saturated rings. The maximum Gasteiger partial charge on any atom is 0.241 e. The highest BCUT2D eigenvalue weighted by Crippen LogP contribution is 2.31. The number of fused-ring (bicyclic) bond motifs is 1. The van der Waals surface area contributed by atoms with Crippen LogP contribution in [0.4, 0.5) is 0 Å². The largest absolute Gasteiger partial charge is 0.496 e. The average Bonchev–Trinajstić information content (AvgIpc) is 2.80. The van der Waals surface area contributed by atoms with Crippen LogP contribution in [0.3, 0.4) is 0 Å². The Kier molecular flexibility index (Phi) is 6.57.